The highest BCUT2D eigenvalue weighted by Crippen LogP contribution is 2.16. The highest BCUT2D eigenvalue weighted by Gasteiger charge is 2.09. The molecule has 2 rings (SSSR count). The molecule has 0 aliphatic rings. The molecule has 3 N–H and O–H groups in total. The van der Waals surface area contributed by atoms with Crippen molar-refractivity contribution in [2.24, 2.45) is 10.7 Å². The highest BCUT2D eigenvalue weighted by molar-refractivity contribution is 5.78. The Labute approximate surface area is 122 Å². The van der Waals surface area contributed by atoms with Crippen molar-refractivity contribution < 1.29 is 8.91 Å². The zero-order valence-electron chi connectivity index (χ0n) is 12.0. The number of nitrogens with one attached hydrogen (secondary N) is 1. The minimum Gasteiger partial charge on any atom is -0.370 e. The number of hydrogen-bond acceptors (Lipinski definition) is 4. The van der Waals surface area contributed by atoms with Crippen molar-refractivity contribution in [1.29, 1.82) is 0 Å². The van der Waals surface area contributed by atoms with Crippen LogP contribution in [0.1, 0.15) is 26.2 Å². The third-order valence-corrected chi connectivity index (χ3v) is 2.94. The van der Waals surface area contributed by atoms with Gasteiger partial charge in [-0.1, -0.05) is 24.2 Å². The molecule has 0 amide bonds. The van der Waals surface area contributed by atoms with Crippen LogP contribution in [-0.4, -0.2) is 22.1 Å². The van der Waals surface area contributed by atoms with E-state index in [9.17, 15) is 4.39 Å². The standard InChI is InChI=1S/C14H18FN5O/c1-3-9(2)18-14(16)17-8-12-19-13(20-21-12)10-5-4-6-11(15)7-10/h4-7,9H,3,8H2,1-2H3,(H3,16,17,18). The van der Waals surface area contributed by atoms with Crippen LogP contribution >= 0.6 is 0 Å². The van der Waals surface area contributed by atoms with E-state index in [1.165, 1.54) is 12.1 Å². The maximum absolute atomic E-state index is 13.1. The van der Waals surface area contributed by atoms with Crippen LogP contribution in [-0.2, 0) is 6.54 Å². The Morgan fingerprint density at radius 2 is 2.33 bits per heavy atom. The zero-order valence-corrected chi connectivity index (χ0v) is 12.0. The van der Waals surface area contributed by atoms with Gasteiger partial charge in [0.05, 0.1) is 0 Å². The van der Waals surface area contributed by atoms with Gasteiger partial charge in [0, 0.05) is 11.6 Å². The van der Waals surface area contributed by atoms with Gasteiger partial charge in [-0.05, 0) is 25.5 Å². The van der Waals surface area contributed by atoms with E-state index in [0.29, 0.717) is 23.2 Å². The summed E-state index contributed by atoms with van der Waals surface area (Å²) in [6.07, 6.45) is 0.945. The van der Waals surface area contributed by atoms with Gasteiger partial charge in [0.2, 0.25) is 11.7 Å². The van der Waals surface area contributed by atoms with Gasteiger partial charge in [0.15, 0.2) is 5.96 Å². The molecule has 1 aromatic heterocycles. The van der Waals surface area contributed by atoms with Gasteiger partial charge in [-0.25, -0.2) is 9.38 Å². The Morgan fingerprint density at radius 3 is 3.05 bits per heavy atom. The summed E-state index contributed by atoms with van der Waals surface area (Å²) in [6, 6.07) is 6.25. The van der Waals surface area contributed by atoms with Crippen LogP contribution in [0.25, 0.3) is 11.4 Å². The summed E-state index contributed by atoms with van der Waals surface area (Å²) in [6.45, 7) is 4.24. The predicted octanol–water partition coefficient (Wildman–Crippen LogP) is 2.08. The Bertz CT molecular complexity index is 625. The fraction of sp³-hybridized carbons (Fsp3) is 0.357. The third-order valence-electron chi connectivity index (χ3n) is 2.94. The summed E-state index contributed by atoms with van der Waals surface area (Å²) in [5.74, 6) is 0.630. The second kappa shape index (κ2) is 6.83. The van der Waals surface area contributed by atoms with Crippen molar-refractivity contribution in [2.45, 2.75) is 32.9 Å². The Morgan fingerprint density at radius 1 is 1.52 bits per heavy atom. The molecule has 0 radical (unpaired) electrons. The fourth-order valence-electron chi connectivity index (χ4n) is 1.62. The molecule has 2 aromatic rings. The number of rotatable bonds is 5. The van der Waals surface area contributed by atoms with Crippen LogP contribution in [0.15, 0.2) is 33.8 Å². The van der Waals surface area contributed by atoms with Gasteiger partial charge in [-0.3, -0.25) is 0 Å². The van der Waals surface area contributed by atoms with Crippen molar-refractivity contribution >= 4 is 5.96 Å². The number of aromatic nitrogens is 2. The van der Waals surface area contributed by atoms with E-state index in [-0.39, 0.29) is 18.4 Å². The van der Waals surface area contributed by atoms with Crippen molar-refractivity contribution in [2.75, 3.05) is 0 Å². The number of nitrogens with zero attached hydrogens (tertiary/aromatic N) is 3. The maximum Gasteiger partial charge on any atom is 0.248 e. The Balaban J connectivity index is 2.02. The van der Waals surface area contributed by atoms with E-state index in [0.717, 1.165) is 6.42 Å². The summed E-state index contributed by atoms with van der Waals surface area (Å²) in [5, 5.41) is 6.83. The summed E-state index contributed by atoms with van der Waals surface area (Å²) in [4.78, 5) is 8.28. The maximum atomic E-state index is 13.1. The third kappa shape index (κ3) is 4.27. The molecule has 0 saturated heterocycles. The molecule has 0 aliphatic heterocycles. The van der Waals surface area contributed by atoms with Crippen LogP contribution in [0.4, 0.5) is 4.39 Å². The Hall–Kier alpha value is -2.44. The number of guanidine groups is 1. The molecular formula is C14H18FN5O. The molecular weight excluding hydrogens is 273 g/mol. The van der Waals surface area contributed by atoms with Gasteiger partial charge < -0.3 is 15.6 Å². The molecule has 1 heterocycles. The average molecular weight is 291 g/mol. The molecule has 0 aliphatic carbocycles. The number of halogens is 1. The lowest BCUT2D eigenvalue weighted by atomic mass is 10.2. The van der Waals surface area contributed by atoms with E-state index in [4.69, 9.17) is 10.3 Å². The second-order valence-corrected chi connectivity index (χ2v) is 4.68. The lowest BCUT2D eigenvalue weighted by Crippen LogP contribution is -2.38. The summed E-state index contributed by atoms with van der Waals surface area (Å²) in [7, 11) is 0. The molecule has 0 bridgehead atoms. The molecule has 0 fully saturated rings. The summed E-state index contributed by atoms with van der Waals surface area (Å²) < 4.78 is 18.2. The first-order valence-corrected chi connectivity index (χ1v) is 6.73. The lowest BCUT2D eigenvalue weighted by Gasteiger charge is -2.10. The van der Waals surface area contributed by atoms with Crippen molar-refractivity contribution in [3.63, 3.8) is 0 Å². The van der Waals surface area contributed by atoms with E-state index in [1.54, 1.807) is 12.1 Å². The van der Waals surface area contributed by atoms with E-state index >= 15 is 0 Å². The smallest absolute Gasteiger partial charge is 0.248 e. The quantitative estimate of drug-likeness (QED) is 0.650. The molecule has 1 atom stereocenters. The molecule has 0 spiro atoms. The van der Waals surface area contributed by atoms with Gasteiger partial charge in [-0.15, -0.1) is 0 Å². The number of aliphatic imine (C=N–C) groups is 1. The minimum absolute atomic E-state index is 0.178. The first-order valence-electron chi connectivity index (χ1n) is 6.73. The van der Waals surface area contributed by atoms with E-state index in [1.807, 2.05) is 13.8 Å². The molecule has 0 saturated carbocycles. The van der Waals surface area contributed by atoms with Crippen molar-refractivity contribution in [1.82, 2.24) is 15.5 Å². The van der Waals surface area contributed by atoms with E-state index < -0.39 is 0 Å². The second-order valence-electron chi connectivity index (χ2n) is 4.68. The molecule has 112 valence electrons. The molecule has 1 aromatic carbocycles. The number of nitrogens with two attached hydrogens (primary N) is 1. The van der Waals surface area contributed by atoms with Crippen molar-refractivity contribution in [3.8, 4) is 11.4 Å². The Kier molecular flexibility index (Phi) is 4.86. The van der Waals surface area contributed by atoms with Gasteiger partial charge >= 0.3 is 0 Å². The SMILES string of the molecule is CCC(C)NC(N)=NCc1nc(-c2cccc(F)c2)no1. The van der Waals surface area contributed by atoms with Crippen LogP contribution in [0.5, 0.6) is 0 Å². The topological polar surface area (TPSA) is 89.3 Å². The molecule has 21 heavy (non-hydrogen) atoms. The first kappa shape index (κ1) is 15.0. The summed E-state index contributed by atoms with van der Waals surface area (Å²) >= 11 is 0. The van der Waals surface area contributed by atoms with Gasteiger partial charge in [-0.2, -0.15) is 4.98 Å². The lowest BCUT2D eigenvalue weighted by molar-refractivity contribution is 0.380. The van der Waals surface area contributed by atoms with Gasteiger partial charge in [0.25, 0.3) is 0 Å². The van der Waals surface area contributed by atoms with E-state index in [2.05, 4.69) is 20.4 Å². The first-order chi connectivity index (χ1) is 10.1. The highest BCUT2D eigenvalue weighted by atomic mass is 19.1. The number of benzene rings is 1. The van der Waals surface area contributed by atoms with Crippen LogP contribution in [0, 0.1) is 5.82 Å². The molecule has 6 nitrogen and oxygen atoms in total. The van der Waals surface area contributed by atoms with Crippen LogP contribution in [0.3, 0.4) is 0 Å². The van der Waals surface area contributed by atoms with Gasteiger partial charge in [0.1, 0.15) is 12.4 Å². The summed E-state index contributed by atoms with van der Waals surface area (Å²) in [5.41, 5.74) is 6.29. The normalized spacial score (nSPS) is 13.2. The van der Waals surface area contributed by atoms with Crippen LogP contribution < -0.4 is 11.1 Å². The average Bonchev–Trinajstić information content (AvgIpc) is 2.94. The largest absolute Gasteiger partial charge is 0.370 e. The molecule has 7 heteroatoms. The van der Waals surface area contributed by atoms with Crippen molar-refractivity contribution in [3.05, 3.63) is 36.0 Å². The minimum atomic E-state index is -0.348. The zero-order chi connectivity index (χ0) is 15.2. The fourth-order valence-corrected chi connectivity index (χ4v) is 1.62. The number of hydrogen-bond donors (Lipinski definition) is 2. The van der Waals surface area contributed by atoms with Crippen LogP contribution in [0.2, 0.25) is 0 Å². The molecule has 1 unspecified atom stereocenters. The predicted molar refractivity (Wildman–Crippen MR) is 77.9 cm³/mol. The monoisotopic (exact) mass is 291 g/mol.